The van der Waals surface area contributed by atoms with E-state index < -0.39 is 9.84 Å². The molecule has 0 heterocycles. The summed E-state index contributed by atoms with van der Waals surface area (Å²) < 4.78 is 23.1. The minimum absolute atomic E-state index is 0.141. The molecule has 0 aromatic rings. The van der Waals surface area contributed by atoms with Crippen LogP contribution < -0.4 is 0 Å². The molecule has 4 heteroatoms. The van der Waals surface area contributed by atoms with Crippen LogP contribution in [0.3, 0.4) is 0 Å². The summed E-state index contributed by atoms with van der Waals surface area (Å²) in [7, 11) is -2.88. The quantitative estimate of drug-likeness (QED) is 0.827. The molecule has 0 aromatic carbocycles. The van der Waals surface area contributed by atoms with Crippen molar-refractivity contribution in [1.82, 2.24) is 0 Å². The van der Waals surface area contributed by atoms with Gasteiger partial charge < -0.3 is 5.11 Å². The molecule has 1 N–H and O–H groups in total. The number of hydrogen-bond donors (Lipinski definition) is 1. The van der Waals surface area contributed by atoms with Gasteiger partial charge in [0, 0.05) is 6.26 Å². The molecule has 17 heavy (non-hydrogen) atoms. The van der Waals surface area contributed by atoms with Crippen molar-refractivity contribution < 1.29 is 13.5 Å². The molecule has 3 unspecified atom stereocenters. The van der Waals surface area contributed by atoms with E-state index in [1.807, 2.05) is 13.8 Å². The fourth-order valence-corrected chi connectivity index (χ4v) is 3.85. The first-order valence-corrected chi connectivity index (χ1v) is 8.63. The Labute approximate surface area is 106 Å². The fourth-order valence-electron chi connectivity index (χ4n) is 2.63. The van der Waals surface area contributed by atoms with Crippen molar-refractivity contribution in [2.75, 3.05) is 6.26 Å². The summed E-state index contributed by atoms with van der Waals surface area (Å²) in [6.45, 7) is 4.04. The molecule has 3 nitrogen and oxygen atoms in total. The SMILES string of the molecule is CC(C)C(O)CCC1CCCC(S(C)(=O)=O)C1. The molecule has 0 bridgehead atoms. The summed E-state index contributed by atoms with van der Waals surface area (Å²) in [5, 5.41) is 9.62. The lowest BCUT2D eigenvalue weighted by molar-refractivity contribution is 0.105. The Morgan fingerprint density at radius 3 is 2.47 bits per heavy atom. The van der Waals surface area contributed by atoms with Crippen molar-refractivity contribution in [3.8, 4) is 0 Å². The molecular weight excluding hydrogens is 236 g/mol. The number of hydrogen-bond acceptors (Lipinski definition) is 3. The third-order valence-corrected chi connectivity index (χ3v) is 5.62. The first-order chi connectivity index (χ1) is 7.80. The van der Waals surface area contributed by atoms with Gasteiger partial charge in [0.2, 0.25) is 0 Å². The number of aliphatic hydroxyl groups is 1. The molecule has 1 aliphatic carbocycles. The van der Waals surface area contributed by atoms with Crippen LogP contribution in [-0.2, 0) is 9.84 Å². The van der Waals surface area contributed by atoms with Crippen LogP contribution in [0.2, 0.25) is 0 Å². The molecule has 1 rings (SSSR count). The van der Waals surface area contributed by atoms with E-state index in [1.54, 1.807) is 0 Å². The highest BCUT2D eigenvalue weighted by Gasteiger charge is 2.28. The monoisotopic (exact) mass is 262 g/mol. The minimum atomic E-state index is -2.88. The zero-order valence-corrected chi connectivity index (χ0v) is 12.0. The number of aliphatic hydroxyl groups excluding tert-OH is 1. The Balaban J connectivity index is 2.40. The van der Waals surface area contributed by atoms with Gasteiger partial charge >= 0.3 is 0 Å². The molecule has 3 atom stereocenters. The van der Waals surface area contributed by atoms with E-state index in [1.165, 1.54) is 6.26 Å². The first-order valence-electron chi connectivity index (χ1n) is 6.67. The molecule has 0 spiro atoms. The summed E-state index contributed by atoms with van der Waals surface area (Å²) in [4.78, 5) is 0. The van der Waals surface area contributed by atoms with Crippen molar-refractivity contribution in [2.24, 2.45) is 11.8 Å². The van der Waals surface area contributed by atoms with Crippen molar-refractivity contribution in [2.45, 2.75) is 63.7 Å². The lowest BCUT2D eigenvalue weighted by atomic mass is 9.84. The normalized spacial score (nSPS) is 28.3. The third kappa shape index (κ3) is 4.96. The van der Waals surface area contributed by atoms with Crippen LogP contribution in [0.5, 0.6) is 0 Å². The van der Waals surface area contributed by atoms with Crippen molar-refractivity contribution in [1.29, 1.82) is 0 Å². The van der Waals surface area contributed by atoms with Gasteiger partial charge in [-0.2, -0.15) is 0 Å². The second kappa shape index (κ2) is 6.19. The standard InChI is InChI=1S/C13H26O3S/c1-10(2)13(14)8-7-11-5-4-6-12(9-11)17(3,15)16/h10-14H,4-9H2,1-3H3. The van der Waals surface area contributed by atoms with Gasteiger partial charge in [-0.25, -0.2) is 8.42 Å². The summed E-state index contributed by atoms with van der Waals surface area (Å²) in [5.74, 6) is 0.779. The summed E-state index contributed by atoms with van der Waals surface area (Å²) in [5.41, 5.74) is 0. The van der Waals surface area contributed by atoms with E-state index >= 15 is 0 Å². The summed E-state index contributed by atoms with van der Waals surface area (Å²) >= 11 is 0. The molecule has 1 aliphatic rings. The molecule has 1 fully saturated rings. The summed E-state index contributed by atoms with van der Waals surface area (Å²) in [6.07, 6.45) is 6.63. The van der Waals surface area contributed by atoms with Gasteiger partial charge in [0.1, 0.15) is 9.84 Å². The highest BCUT2D eigenvalue weighted by Crippen LogP contribution is 2.32. The predicted molar refractivity (Wildman–Crippen MR) is 70.7 cm³/mol. The van der Waals surface area contributed by atoms with Crippen molar-refractivity contribution in [3.05, 3.63) is 0 Å². The van der Waals surface area contributed by atoms with Crippen LogP contribution in [0.4, 0.5) is 0 Å². The Kier molecular flexibility index (Phi) is 5.45. The smallest absolute Gasteiger partial charge is 0.150 e. The average Bonchev–Trinajstić information content (AvgIpc) is 2.25. The largest absolute Gasteiger partial charge is 0.393 e. The van der Waals surface area contributed by atoms with Crippen LogP contribution in [0.25, 0.3) is 0 Å². The lowest BCUT2D eigenvalue weighted by Gasteiger charge is -2.29. The molecular formula is C13H26O3S. The van der Waals surface area contributed by atoms with Crippen LogP contribution in [0.1, 0.15) is 52.4 Å². The van der Waals surface area contributed by atoms with Crippen molar-refractivity contribution >= 4 is 9.84 Å². The molecule has 0 radical (unpaired) electrons. The predicted octanol–water partition coefficient (Wildman–Crippen LogP) is 2.39. The van der Waals surface area contributed by atoms with Crippen LogP contribution in [-0.4, -0.2) is 31.1 Å². The first kappa shape index (κ1) is 15.0. The Hall–Kier alpha value is -0.0900. The van der Waals surface area contributed by atoms with Gasteiger partial charge in [0.15, 0.2) is 0 Å². The highest BCUT2D eigenvalue weighted by molar-refractivity contribution is 7.91. The molecule has 0 amide bonds. The molecule has 0 aromatic heterocycles. The van der Waals surface area contributed by atoms with Gasteiger partial charge in [-0.05, 0) is 37.5 Å². The maximum absolute atomic E-state index is 11.5. The molecule has 0 saturated heterocycles. The molecule has 1 saturated carbocycles. The van der Waals surface area contributed by atoms with Crippen LogP contribution in [0.15, 0.2) is 0 Å². The molecule has 102 valence electrons. The summed E-state index contributed by atoms with van der Waals surface area (Å²) in [6, 6.07) is 0. The van der Waals surface area contributed by atoms with Crippen molar-refractivity contribution in [3.63, 3.8) is 0 Å². The number of sulfone groups is 1. The number of rotatable bonds is 5. The Bertz CT molecular complexity index is 322. The van der Waals surface area contributed by atoms with E-state index in [4.69, 9.17) is 0 Å². The Morgan fingerprint density at radius 1 is 1.29 bits per heavy atom. The topological polar surface area (TPSA) is 54.4 Å². The van der Waals surface area contributed by atoms with Gasteiger partial charge in [0.25, 0.3) is 0 Å². The zero-order chi connectivity index (χ0) is 13.1. The second-order valence-electron chi connectivity index (χ2n) is 5.87. The second-order valence-corrected chi connectivity index (χ2v) is 8.20. The zero-order valence-electron chi connectivity index (χ0n) is 11.2. The maximum atomic E-state index is 11.5. The third-order valence-electron chi connectivity index (χ3n) is 3.98. The van der Waals surface area contributed by atoms with E-state index in [0.29, 0.717) is 11.8 Å². The van der Waals surface area contributed by atoms with Gasteiger partial charge in [-0.3, -0.25) is 0 Å². The fraction of sp³-hybridized carbons (Fsp3) is 1.00. The minimum Gasteiger partial charge on any atom is -0.393 e. The Morgan fingerprint density at radius 2 is 1.94 bits per heavy atom. The van der Waals surface area contributed by atoms with Crippen LogP contribution >= 0.6 is 0 Å². The van der Waals surface area contributed by atoms with E-state index in [-0.39, 0.29) is 11.4 Å². The highest BCUT2D eigenvalue weighted by atomic mass is 32.2. The average molecular weight is 262 g/mol. The van der Waals surface area contributed by atoms with E-state index in [2.05, 4.69) is 0 Å². The van der Waals surface area contributed by atoms with Gasteiger partial charge in [-0.15, -0.1) is 0 Å². The van der Waals surface area contributed by atoms with Gasteiger partial charge in [0.05, 0.1) is 11.4 Å². The van der Waals surface area contributed by atoms with E-state index in [0.717, 1.165) is 38.5 Å². The maximum Gasteiger partial charge on any atom is 0.150 e. The lowest BCUT2D eigenvalue weighted by Crippen LogP contribution is -2.28. The molecule has 0 aliphatic heterocycles. The van der Waals surface area contributed by atoms with E-state index in [9.17, 15) is 13.5 Å². The van der Waals surface area contributed by atoms with Crippen LogP contribution in [0, 0.1) is 11.8 Å². The van der Waals surface area contributed by atoms with Gasteiger partial charge in [-0.1, -0.05) is 26.7 Å².